The van der Waals surface area contributed by atoms with Crippen LogP contribution in [0.25, 0.3) is 0 Å². The fraction of sp³-hybridized carbons (Fsp3) is 0.533. The van der Waals surface area contributed by atoms with Crippen LogP contribution in [0, 0.1) is 0 Å². The second-order valence-electron chi connectivity index (χ2n) is 5.10. The SMILES string of the molecule is C[C@H](NC(=O)CSC1CCNCC1)c1ccc(Br)cc1. The molecule has 3 nitrogen and oxygen atoms in total. The van der Waals surface area contributed by atoms with E-state index in [1.165, 1.54) is 12.8 Å². The van der Waals surface area contributed by atoms with Crippen molar-refractivity contribution in [2.45, 2.75) is 31.1 Å². The summed E-state index contributed by atoms with van der Waals surface area (Å²) in [6, 6.07) is 8.14. The quantitative estimate of drug-likeness (QED) is 0.851. The maximum atomic E-state index is 12.0. The lowest BCUT2D eigenvalue weighted by atomic mass is 10.1. The number of amides is 1. The number of hydrogen-bond acceptors (Lipinski definition) is 3. The molecule has 2 rings (SSSR count). The molecule has 1 aromatic rings. The van der Waals surface area contributed by atoms with Crippen LogP contribution in [0.2, 0.25) is 0 Å². The Hall–Kier alpha value is -0.520. The minimum absolute atomic E-state index is 0.0595. The van der Waals surface area contributed by atoms with Crippen molar-refractivity contribution in [3.05, 3.63) is 34.3 Å². The maximum absolute atomic E-state index is 12.0. The summed E-state index contributed by atoms with van der Waals surface area (Å²) in [4.78, 5) is 12.0. The molecule has 0 unspecified atom stereocenters. The number of rotatable bonds is 5. The van der Waals surface area contributed by atoms with Gasteiger partial charge in [-0.1, -0.05) is 28.1 Å². The first-order valence-electron chi connectivity index (χ1n) is 7.02. The Balaban J connectivity index is 1.74. The molecule has 20 heavy (non-hydrogen) atoms. The summed E-state index contributed by atoms with van der Waals surface area (Å²) in [6.45, 7) is 4.18. The van der Waals surface area contributed by atoms with Crippen molar-refractivity contribution in [3.8, 4) is 0 Å². The average molecular weight is 357 g/mol. The van der Waals surface area contributed by atoms with Gasteiger partial charge in [0.05, 0.1) is 11.8 Å². The Morgan fingerprint density at radius 1 is 1.40 bits per heavy atom. The zero-order chi connectivity index (χ0) is 14.4. The number of carbonyl (C=O) groups is 1. The van der Waals surface area contributed by atoms with Gasteiger partial charge in [0.1, 0.15) is 0 Å². The van der Waals surface area contributed by atoms with Crippen LogP contribution in [-0.4, -0.2) is 30.0 Å². The third-order valence-corrected chi connectivity index (χ3v) is 5.38. The minimum Gasteiger partial charge on any atom is -0.349 e. The molecule has 1 saturated heterocycles. The smallest absolute Gasteiger partial charge is 0.230 e. The van der Waals surface area contributed by atoms with E-state index in [4.69, 9.17) is 0 Å². The van der Waals surface area contributed by atoms with Crippen LogP contribution in [0.1, 0.15) is 31.4 Å². The molecule has 1 amide bonds. The molecule has 5 heteroatoms. The molecular weight excluding hydrogens is 336 g/mol. The van der Waals surface area contributed by atoms with Gasteiger partial charge in [0, 0.05) is 9.72 Å². The number of benzene rings is 1. The monoisotopic (exact) mass is 356 g/mol. The highest BCUT2D eigenvalue weighted by molar-refractivity contribution is 9.10. The lowest BCUT2D eigenvalue weighted by molar-refractivity contribution is -0.119. The first-order valence-corrected chi connectivity index (χ1v) is 8.86. The van der Waals surface area contributed by atoms with Gasteiger partial charge >= 0.3 is 0 Å². The Morgan fingerprint density at radius 3 is 2.70 bits per heavy atom. The predicted molar refractivity (Wildman–Crippen MR) is 89.0 cm³/mol. The lowest BCUT2D eigenvalue weighted by Crippen LogP contribution is -2.32. The number of carbonyl (C=O) groups excluding carboxylic acids is 1. The molecule has 1 heterocycles. The van der Waals surface area contributed by atoms with Crippen LogP contribution < -0.4 is 10.6 Å². The van der Waals surface area contributed by atoms with E-state index in [0.717, 1.165) is 23.1 Å². The molecular formula is C15H21BrN2OS. The molecule has 0 bridgehead atoms. The fourth-order valence-corrected chi connectivity index (χ4v) is 3.58. The van der Waals surface area contributed by atoms with E-state index < -0.39 is 0 Å². The fourth-order valence-electron chi connectivity index (χ4n) is 2.27. The summed E-state index contributed by atoms with van der Waals surface area (Å²) in [5.74, 6) is 0.690. The maximum Gasteiger partial charge on any atom is 0.230 e. The van der Waals surface area contributed by atoms with Crippen LogP contribution in [0.15, 0.2) is 28.7 Å². The number of nitrogens with one attached hydrogen (secondary N) is 2. The minimum atomic E-state index is 0.0595. The average Bonchev–Trinajstić information content (AvgIpc) is 2.47. The number of piperidine rings is 1. The molecule has 0 spiro atoms. The second kappa shape index (κ2) is 8.05. The van der Waals surface area contributed by atoms with Crippen molar-refractivity contribution >= 4 is 33.6 Å². The van der Waals surface area contributed by atoms with E-state index in [1.54, 1.807) is 11.8 Å². The zero-order valence-corrected chi connectivity index (χ0v) is 14.1. The topological polar surface area (TPSA) is 41.1 Å². The van der Waals surface area contributed by atoms with Crippen molar-refractivity contribution in [1.82, 2.24) is 10.6 Å². The summed E-state index contributed by atoms with van der Waals surface area (Å²) in [5, 5.41) is 7.04. The van der Waals surface area contributed by atoms with Gasteiger partial charge in [-0.25, -0.2) is 0 Å². The van der Waals surface area contributed by atoms with Gasteiger partial charge in [-0.15, -0.1) is 11.8 Å². The van der Waals surface area contributed by atoms with Gasteiger partial charge < -0.3 is 10.6 Å². The molecule has 1 fully saturated rings. The van der Waals surface area contributed by atoms with Crippen molar-refractivity contribution in [3.63, 3.8) is 0 Å². The van der Waals surface area contributed by atoms with Crippen molar-refractivity contribution in [2.24, 2.45) is 0 Å². The molecule has 1 aliphatic heterocycles. The Labute approximate surface area is 133 Å². The van der Waals surface area contributed by atoms with Gasteiger partial charge in [-0.05, 0) is 50.6 Å². The molecule has 0 saturated carbocycles. The van der Waals surface area contributed by atoms with Gasteiger partial charge in [-0.2, -0.15) is 0 Å². The highest BCUT2D eigenvalue weighted by Gasteiger charge is 2.16. The summed E-state index contributed by atoms with van der Waals surface area (Å²) < 4.78 is 1.06. The molecule has 2 N–H and O–H groups in total. The van der Waals surface area contributed by atoms with E-state index in [-0.39, 0.29) is 11.9 Å². The van der Waals surface area contributed by atoms with Crippen LogP contribution in [0.4, 0.5) is 0 Å². The number of halogens is 1. The third-order valence-electron chi connectivity index (χ3n) is 3.48. The van der Waals surface area contributed by atoms with Gasteiger partial charge in [0.2, 0.25) is 5.91 Å². The predicted octanol–water partition coefficient (Wildman–Crippen LogP) is 3.11. The van der Waals surface area contributed by atoms with Gasteiger partial charge in [0.15, 0.2) is 0 Å². The largest absolute Gasteiger partial charge is 0.349 e. The van der Waals surface area contributed by atoms with Crippen LogP contribution in [-0.2, 0) is 4.79 Å². The summed E-state index contributed by atoms with van der Waals surface area (Å²) in [6.07, 6.45) is 2.33. The zero-order valence-electron chi connectivity index (χ0n) is 11.7. The Morgan fingerprint density at radius 2 is 2.05 bits per heavy atom. The first kappa shape index (κ1) is 15.9. The van der Waals surface area contributed by atoms with E-state index in [9.17, 15) is 4.79 Å². The Bertz CT molecular complexity index is 432. The summed E-state index contributed by atoms with van der Waals surface area (Å²) in [7, 11) is 0. The second-order valence-corrected chi connectivity index (χ2v) is 7.31. The summed E-state index contributed by atoms with van der Waals surface area (Å²) in [5.41, 5.74) is 1.13. The standard InChI is InChI=1S/C15H21BrN2OS/c1-11(12-2-4-13(16)5-3-12)18-15(19)10-20-14-6-8-17-9-7-14/h2-5,11,14,17H,6-10H2,1H3,(H,18,19)/t11-/m0/s1. The molecule has 1 atom stereocenters. The number of thioether (sulfide) groups is 1. The van der Waals surface area contributed by atoms with Gasteiger partial charge in [-0.3, -0.25) is 4.79 Å². The van der Waals surface area contributed by atoms with Crippen molar-refractivity contribution in [1.29, 1.82) is 0 Å². The van der Waals surface area contributed by atoms with Crippen LogP contribution in [0.3, 0.4) is 0 Å². The lowest BCUT2D eigenvalue weighted by Gasteiger charge is -2.22. The van der Waals surface area contributed by atoms with Crippen LogP contribution in [0.5, 0.6) is 0 Å². The van der Waals surface area contributed by atoms with E-state index in [0.29, 0.717) is 11.0 Å². The molecule has 1 aliphatic rings. The Kier molecular flexibility index (Phi) is 6.39. The molecule has 0 aliphatic carbocycles. The van der Waals surface area contributed by atoms with E-state index in [2.05, 4.69) is 26.6 Å². The van der Waals surface area contributed by atoms with E-state index >= 15 is 0 Å². The molecule has 110 valence electrons. The highest BCUT2D eigenvalue weighted by atomic mass is 79.9. The first-order chi connectivity index (χ1) is 9.65. The van der Waals surface area contributed by atoms with Gasteiger partial charge in [0.25, 0.3) is 0 Å². The van der Waals surface area contributed by atoms with E-state index in [1.807, 2.05) is 31.2 Å². The van der Waals surface area contributed by atoms with Crippen molar-refractivity contribution < 1.29 is 4.79 Å². The molecule has 0 radical (unpaired) electrons. The normalized spacial score (nSPS) is 17.7. The van der Waals surface area contributed by atoms with Crippen molar-refractivity contribution in [2.75, 3.05) is 18.8 Å². The third kappa shape index (κ3) is 5.11. The van der Waals surface area contributed by atoms with Crippen LogP contribution >= 0.6 is 27.7 Å². The molecule has 0 aromatic heterocycles. The highest BCUT2D eigenvalue weighted by Crippen LogP contribution is 2.21. The number of hydrogen-bond donors (Lipinski definition) is 2. The summed E-state index contributed by atoms with van der Waals surface area (Å²) >= 11 is 5.20. The molecule has 1 aromatic carbocycles.